The van der Waals surface area contributed by atoms with Crippen LogP contribution in [0.4, 0.5) is 5.69 Å². The van der Waals surface area contributed by atoms with Crippen LogP contribution >= 0.6 is 0 Å². The monoisotopic (exact) mass is 467 g/mol. The normalized spacial score (nSPS) is 14.9. The van der Waals surface area contributed by atoms with E-state index in [1.807, 2.05) is 42.5 Å². The number of fused-ring (bicyclic) bond motifs is 1. The fourth-order valence-corrected chi connectivity index (χ4v) is 4.79. The maximum Gasteiger partial charge on any atom is 0.255 e. The molecule has 0 atom stereocenters. The van der Waals surface area contributed by atoms with Gasteiger partial charge < -0.3 is 9.88 Å². The molecule has 0 saturated carbocycles. The molecular formula is C29H33N5O. The van der Waals surface area contributed by atoms with Crippen molar-refractivity contribution < 1.29 is 4.79 Å². The van der Waals surface area contributed by atoms with Crippen LogP contribution in [-0.4, -0.2) is 51.4 Å². The second-order valence-corrected chi connectivity index (χ2v) is 9.24. The number of aromatic nitrogens is 2. The van der Waals surface area contributed by atoms with Crippen molar-refractivity contribution in [3.05, 3.63) is 95.8 Å². The summed E-state index contributed by atoms with van der Waals surface area (Å²) in [6.45, 7) is 9.22. The van der Waals surface area contributed by atoms with Crippen molar-refractivity contribution >= 4 is 22.6 Å². The molecular weight excluding hydrogens is 434 g/mol. The van der Waals surface area contributed by atoms with Gasteiger partial charge in [-0.05, 0) is 42.3 Å². The number of aryl methyl sites for hydroxylation is 1. The van der Waals surface area contributed by atoms with E-state index in [2.05, 4.69) is 63.0 Å². The predicted molar refractivity (Wildman–Crippen MR) is 141 cm³/mol. The van der Waals surface area contributed by atoms with E-state index >= 15 is 0 Å². The highest BCUT2D eigenvalue weighted by molar-refractivity contribution is 6.04. The van der Waals surface area contributed by atoms with Gasteiger partial charge in [0.1, 0.15) is 5.82 Å². The highest BCUT2D eigenvalue weighted by Gasteiger charge is 2.20. The Hall–Kier alpha value is -3.48. The standard InChI is InChI=1S/C29H33N5O/c1-2-15-34-27-14-13-25(30-29(35)24-11-7-4-8-12-24)20-26(27)31-28(34)22-33-18-16-32(17-19-33)21-23-9-5-3-6-10-23/h3-14,20H,2,15-19,21-22H2,1H3,(H,30,35). The van der Waals surface area contributed by atoms with E-state index in [9.17, 15) is 4.79 Å². The maximum atomic E-state index is 12.6. The van der Waals surface area contributed by atoms with Crippen molar-refractivity contribution in [3.63, 3.8) is 0 Å². The number of nitrogens with one attached hydrogen (secondary N) is 1. The van der Waals surface area contributed by atoms with Gasteiger partial charge in [0.25, 0.3) is 5.91 Å². The highest BCUT2D eigenvalue weighted by Crippen LogP contribution is 2.23. The average molecular weight is 468 g/mol. The lowest BCUT2D eigenvalue weighted by Gasteiger charge is -2.34. The Bertz CT molecular complexity index is 1260. The van der Waals surface area contributed by atoms with E-state index in [-0.39, 0.29) is 5.91 Å². The Morgan fingerprint density at radius 3 is 2.20 bits per heavy atom. The fraction of sp³-hybridized carbons (Fsp3) is 0.310. The summed E-state index contributed by atoms with van der Waals surface area (Å²) in [6.07, 6.45) is 1.05. The number of anilines is 1. The van der Waals surface area contributed by atoms with Gasteiger partial charge in [-0.2, -0.15) is 0 Å². The number of hydrogen-bond acceptors (Lipinski definition) is 4. The summed E-state index contributed by atoms with van der Waals surface area (Å²) in [5, 5.41) is 3.01. The van der Waals surface area contributed by atoms with Crippen LogP contribution in [0.1, 0.15) is 35.1 Å². The van der Waals surface area contributed by atoms with Crippen molar-refractivity contribution in [1.29, 1.82) is 0 Å². The summed E-state index contributed by atoms with van der Waals surface area (Å²) in [5.74, 6) is 0.997. The molecule has 0 spiro atoms. The summed E-state index contributed by atoms with van der Waals surface area (Å²) in [6, 6.07) is 26.1. The van der Waals surface area contributed by atoms with E-state index in [1.54, 1.807) is 0 Å². The molecule has 1 amide bonds. The van der Waals surface area contributed by atoms with Gasteiger partial charge in [0.15, 0.2) is 0 Å². The molecule has 2 heterocycles. The Morgan fingerprint density at radius 2 is 1.51 bits per heavy atom. The first kappa shape index (κ1) is 23.3. The molecule has 5 rings (SSSR count). The number of benzene rings is 3. The molecule has 0 radical (unpaired) electrons. The fourth-order valence-electron chi connectivity index (χ4n) is 4.79. The number of imidazole rings is 1. The number of rotatable bonds is 8. The third-order valence-electron chi connectivity index (χ3n) is 6.65. The van der Waals surface area contributed by atoms with Gasteiger partial charge in [-0.1, -0.05) is 55.5 Å². The van der Waals surface area contributed by atoms with Crippen LogP contribution in [0.15, 0.2) is 78.9 Å². The van der Waals surface area contributed by atoms with Gasteiger partial charge in [0.05, 0.1) is 17.6 Å². The Labute approximate surface area is 207 Å². The van der Waals surface area contributed by atoms with Crippen LogP contribution in [0.3, 0.4) is 0 Å². The van der Waals surface area contributed by atoms with E-state index < -0.39 is 0 Å². The van der Waals surface area contributed by atoms with Crippen LogP contribution in [0.2, 0.25) is 0 Å². The molecule has 35 heavy (non-hydrogen) atoms. The molecule has 3 aromatic carbocycles. The van der Waals surface area contributed by atoms with Gasteiger partial charge in [0.2, 0.25) is 0 Å². The van der Waals surface area contributed by atoms with Crippen LogP contribution in [0.25, 0.3) is 11.0 Å². The van der Waals surface area contributed by atoms with Crippen LogP contribution < -0.4 is 5.32 Å². The zero-order valence-electron chi connectivity index (χ0n) is 20.4. The summed E-state index contributed by atoms with van der Waals surface area (Å²) in [5.41, 5.74) is 4.86. The van der Waals surface area contributed by atoms with Gasteiger partial charge in [0, 0.05) is 50.5 Å². The third-order valence-corrected chi connectivity index (χ3v) is 6.65. The molecule has 6 heteroatoms. The molecule has 0 bridgehead atoms. The lowest BCUT2D eigenvalue weighted by molar-refractivity contribution is 0.102. The molecule has 1 fully saturated rings. The average Bonchev–Trinajstić information content (AvgIpc) is 3.22. The number of amides is 1. The van der Waals surface area contributed by atoms with Crippen LogP contribution in [0.5, 0.6) is 0 Å². The topological polar surface area (TPSA) is 53.4 Å². The zero-order valence-corrected chi connectivity index (χ0v) is 20.4. The molecule has 4 aromatic rings. The maximum absolute atomic E-state index is 12.6. The van der Waals surface area contributed by atoms with Gasteiger partial charge in [-0.15, -0.1) is 0 Å². The van der Waals surface area contributed by atoms with Crippen molar-refractivity contribution in [2.45, 2.75) is 33.0 Å². The molecule has 180 valence electrons. The Morgan fingerprint density at radius 1 is 0.857 bits per heavy atom. The first-order valence-electron chi connectivity index (χ1n) is 12.5. The highest BCUT2D eigenvalue weighted by atomic mass is 16.1. The van der Waals surface area contributed by atoms with Crippen molar-refractivity contribution in [3.8, 4) is 0 Å². The molecule has 1 aliphatic rings. The molecule has 6 nitrogen and oxygen atoms in total. The minimum absolute atomic E-state index is 0.105. The second-order valence-electron chi connectivity index (χ2n) is 9.24. The van der Waals surface area contributed by atoms with E-state index in [0.29, 0.717) is 5.56 Å². The molecule has 1 aliphatic heterocycles. The smallest absolute Gasteiger partial charge is 0.255 e. The van der Waals surface area contributed by atoms with E-state index in [0.717, 1.165) is 74.8 Å². The summed E-state index contributed by atoms with van der Waals surface area (Å²) in [4.78, 5) is 22.6. The minimum atomic E-state index is -0.105. The zero-order chi connectivity index (χ0) is 24.0. The molecule has 0 aliphatic carbocycles. The summed E-state index contributed by atoms with van der Waals surface area (Å²) in [7, 11) is 0. The predicted octanol–water partition coefficient (Wildman–Crippen LogP) is 5.02. The largest absolute Gasteiger partial charge is 0.327 e. The number of carbonyl (C=O) groups is 1. The number of carbonyl (C=O) groups excluding carboxylic acids is 1. The van der Waals surface area contributed by atoms with Crippen LogP contribution in [-0.2, 0) is 19.6 Å². The minimum Gasteiger partial charge on any atom is -0.327 e. The SMILES string of the molecule is CCCn1c(CN2CCN(Cc3ccccc3)CC2)nc2cc(NC(=O)c3ccccc3)ccc21. The summed E-state index contributed by atoms with van der Waals surface area (Å²) >= 11 is 0. The lowest BCUT2D eigenvalue weighted by atomic mass is 10.2. The van der Waals surface area contributed by atoms with E-state index in [4.69, 9.17) is 4.98 Å². The Kier molecular flexibility index (Phi) is 7.21. The first-order chi connectivity index (χ1) is 17.2. The molecule has 1 N–H and O–H groups in total. The van der Waals surface area contributed by atoms with E-state index in [1.165, 1.54) is 5.56 Å². The summed E-state index contributed by atoms with van der Waals surface area (Å²) < 4.78 is 2.34. The quantitative estimate of drug-likeness (QED) is 0.396. The third kappa shape index (κ3) is 5.61. The van der Waals surface area contributed by atoms with Gasteiger partial charge in [-0.25, -0.2) is 4.98 Å². The van der Waals surface area contributed by atoms with Crippen molar-refractivity contribution in [2.75, 3.05) is 31.5 Å². The van der Waals surface area contributed by atoms with Gasteiger partial charge in [-0.3, -0.25) is 14.6 Å². The van der Waals surface area contributed by atoms with Crippen molar-refractivity contribution in [2.24, 2.45) is 0 Å². The molecule has 0 unspecified atom stereocenters. The number of piperazine rings is 1. The lowest BCUT2D eigenvalue weighted by Crippen LogP contribution is -2.45. The number of nitrogens with zero attached hydrogens (tertiary/aromatic N) is 4. The van der Waals surface area contributed by atoms with Gasteiger partial charge >= 0.3 is 0 Å². The molecule has 1 aromatic heterocycles. The van der Waals surface area contributed by atoms with Crippen LogP contribution in [0, 0.1) is 0 Å². The second kappa shape index (κ2) is 10.8. The van der Waals surface area contributed by atoms with Crippen molar-refractivity contribution in [1.82, 2.24) is 19.4 Å². The number of hydrogen-bond donors (Lipinski definition) is 1. The Balaban J connectivity index is 1.27. The first-order valence-corrected chi connectivity index (χ1v) is 12.5. The molecule has 1 saturated heterocycles.